The summed E-state index contributed by atoms with van der Waals surface area (Å²) in [6.45, 7) is 5.95. The SMILES string of the molecule is Cc1cc(C)c(NC(=O)c2ccc(NC3CCS(=O)(=O)C3)cn2)c(C)c1. The van der Waals surface area contributed by atoms with Crippen molar-refractivity contribution in [2.24, 2.45) is 0 Å². The van der Waals surface area contributed by atoms with Gasteiger partial charge in [-0.25, -0.2) is 13.4 Å². The molecule has 3 rings (SSSR count). The van der Waals surface area contributed by atoms with Gasteiger partial charge in [-0.05, 0) is 50.5 Å². The third kappa shape index (κ3) is 4.22. The smallest absolute Gasteiger partial charge is 0.274 e. The molecule has 0 spiro atoms. The molecule has 1 atom stereocenters. The third-order valence-corrected chi connectivity index (χ3v) is 6.28. The molecule has 0 aliphatic carbocycles. The number of aromatic nitrogens is 1. The van der Waals surface area contributed by atoms with Gasteiger partial charge in [-0.15, -0.1) is 0 Å². The number of sulfone groups is 1. The van der Waals surface area contributed by atoms with Crippen molar-refractivity contribution in [1.29, 1.82) is 0 Å². The van der Waals surface area contributed by atoms with E-state index in [1.165, 1.54) is 0 Å². The Hall–Kier alpha value is -2.41. The van der Waals surface area contributed by atoms with E-state index in [0.717, 1.165) is 22.4 Å². The Balaban J connectivity index is 1.68. The van der Waals surface area contributed by atoms with Crippen molar-refractivity contribution in [2.45, 2.75) is 33.2 Å². The number of nitrogens with one attached hydrogen (secondary N) is 2. The van der Waals surface area contributed by atoms with Crippen molar-refractivity contribution < 1.29 is 13.2 Å². The van der Waals surface area contributed by atoms with E-state index >= 15 is 0 Å². The van der Waals surface area contributed by atoms with Gasteiger partial charge in [-0.2, -0.15) is 0 Å². The van der Waals surface area contributed by atoms with Gasteiger partial charge >= 0.3 is 0 Å². The Bertz CT molecular complexity index is 914. The molecule has 1 aromatic heterocycles. The summed E-state index contributed by atoms with van der Waals surface area (Å²) >= 11 is 0. The number of rotatable bonds is 4. The first kappa shape index (κ1) is 18.4. The molecule has 1 aliphatic heterocycles. The highest BCUT2D eigenvalue weighted by molar-refractivity contribution is 7.91. The van der Waals surface area contributed by atoms with E-state index in [1.54, 1.807) is 18.3 Å². The topological polar surface area (TPSA) is 88.2 Å². The predicted molar refractivity (Wildman–Crippen MR) is 104 cm³/mol. The molecule has 138 valence electrons. The van der Waals surface area contributed by atoms with Crippen molar-refractivity contribution in [3.05, 3.63) is 52.8 Å². The van der Waals surface area contributed by atoms with Crippen molar-refractivity contribution in [1.82, 2.24) is 4.98 Å². The Morgan fingerprint density at radius 2 is 1.85 bits per heavy atom. The molecule has 0 bridgehead atoms. The lowest BCUT2D eigenvalue weighted by Gasteiger charge is -2.14. The minimum absolute atomic E-state index is 0.0978. The Morgan fingerprint density at radius 3 is 2.38 bits per heavy atom. The van der Waals surface area contributed by atoms with Crippen molar-refractivity contribution >= 4 is 27.1 Å². The van der Waals surface area contributed by atoms with Crippen LogP contribution >= 0.6 is 0 Å². The Kier molecular flexibility index (Phi) is 5.00. The van der Waals surface area contributed by atoms with Crippen LogP contribution in [0.3, 0.4) is 0 Å². The van der Waals surface area contributed by atoms with E-state index in [4.69, 9.17) is 0 Å². The molecule has 1 amide bonds. The minimum Gasteiger partial charge on any atom is -0.380 e. The summed E-state index contributed by atoms with van der Waals surface area (Å²) in [6, 6.07) is 7.35. The molecule has 26 heavy (non-hydrogen) atoms. The molecule has 1 fully saturated rings. The number of anilines is 2. The molecular weight excluding hydrogens is 350 g/mol. The maximum Gasteiger partial charge on any atom is 0.274 e. The fourth-order valence-corrected chi connectivity index (χ4v) is 4.99. The van der Waals surface area contributed by atoms with Gasteiger partial charge in [0.2, 0.25) is 0 Å². The number of aryl methyl sites for hydroxylation is 3. The first-order valence-electron chi connectivity index (χ1n) is 8.56. The van der Waals surface area contributed by atoms with Crippen LogP contribution in [0.4, 0.5) is 11.4 Å². The lowest BCUT2D eigenvalue weighted by atomic mass is 10.0. The van der Waals surface area contributed by atoms with E-state index in [1.807, 2.05) is 32.9 Å². The highest BCUT2D eigenvalue weighted by Gasteiger charge is 2.27. The Labute approximate surface area is 154 Å². The average molecular weight is 373 g/mol. The molecule has 2 N–H and O–H groups in total. The number of benzene rings is 1. The zero-order valence-electron chi connectivity index (χ0n) is 15.2. The van der Waals surface area contributed by atoms with Crippen LogP contribution in [-0.4, -0.2) is 36.9 Å². The highest BCUT2D eigenvalue weighted by atomic mass is 32.2. The van der Waals surface area contributed by atoms with Crippen LogP contribution < -0.4 is 10.6 Å². The number of nitrogens with zero attached hydrogens (tertiary/aromatic N) is 1. The van der Waals surface area contributed by atoms with Gasteiger partial charge in [0.1, 0.15) is 5.69 Å². The number of carbonyl (C=O) groups excluding carboxylic acids is 1. The van der Waals surface area contributed by atoms with Gasteiger partial charge in [0.15, 0.2) is 9.84 Å². The summed E-state index contributed by atoms with van der Waals surface area (Å²) in [5, 5.41) is 6.09. The number of amides is 1. The molecule has 2 heterocycles. The van der Waals surface area contributed by atoms with Gasteiger partial charge < -0.3 is 10.6 Å². The largest absolute Gasteiger partial charge is 0.380 e. The van der Waals surface area contributed by atoms with Crippen LogP contribution in [-0.2, 0) is 9.84 Å². The quantitative estimate of drug-likeness (QED) is 0.860. The monoisotopic (exact) mass is 373 g/mol. The van der Waals surface area contributed by atoms with Gasteiger partial charge in [0, 0.05) is 11.7 Å². The maximum atomic E-state index is 12.5. The van der Waals surface area contributed by atoms with E-state index in [-0.39, 0.29) is 23.5 Å². The number of hydrogen-bond acceptors (Lipinski definition) is 5. The molecule has 1 aromatic carbocycles. The predicted octanol–water partition coefficient (Wildman–Crippen LogP) is 2.86. The fraction of sp³-hybridized carbons (Fsp3) is 0.368. The molecule has 7 heteroatoms. The van der Waals surface area contributed by atoms with Crippen molar-refractivity contribution in [3.8, 4) is 0 Å². The van der Waals surface area contributed by atoms with E-state index < -0.39 is 9.84 Å². The zero-order valence-corrected chi connectivity index (χ0v) is 16.0. The standard InChI is InChI=1S/C19H23N3O3S/c1-12-8-13(2)18(14(3)9-12)22-19(23)17-5-4-15(10-20-17)21-16-6-7-26(24,25)11-16/h4-5,8-10,16,21H,6-7,11H2,1-3H3,(H,22,23). The molecule has 1 unspecified atom stereocenters. The van der Waals surface area contributed by atoms with Gasteiger partial charge in [0.25, 0.3) is 5.91 Å². The second-order valence-corrected chi connectivity index (χ2v) is 9.13. The second kappa shape index (κ2) is 7.07. The minimum atomic E-state index is -2.93. The molecule has 2 aromatic rings. The summed E-state index contributed by atoms with van der Waals surface area (Å²) in [4.78, 5) is 16.7. The van der Waals surface area contributed by atoms with Crippen LogP contribution in [0.5, 0.6) is 0 Å². The van der Waals surface area contributed by atoms with Gasteiger partial charge in [-0.1, -0.05) is 17.7 Å². The lowest BCUT2D eigenvalue weighted by Crippen LogP contribution is -2.21. The zero-order chi connectivity index (χ0) is 18.9. The third-order valence-electron chi connectivity index (χ3n) is 4.51. The van der Waals surface area contributed by atoms with Crippen LogP contribution in [0, 0.1) is 20.8 Å². The average Bonchev–Trinajstić information content (AvgIpc) is 2.90. The van der Waals surface area contributed by atoms with E-state index in [0.29, 0.717) is 17.8 Å². The number of hydrogen-bond donors (Lipinski definition) is 2. The van der Waals surface area contributed by atoms with Crippen LogP contribution in [0.2, 0.25) is 0 Å². The molecule has 6 nitrogen and oxygen atoms in total. The molecule has 0 radical (unpaired) electrons. The summed E-state index contributed by atoms with van der Waals surface area (Å²) in [6.07, 6.45) is 2.16. The van der Waals surface area contributed by atoms with Crippen molar-refractivity contribution in [3.63, 3.8) is 0 Å². The Morgan fingerprint density at radius 1 is 1.15 bits per heavy atom. The van der Waals surface area contributed by atoms with E-state index in [2.05, 4.69) is 15.6 Å². The first-order chi connectivity index (χ1) is 12.2. The van der Waals surface area contributed by atoms with Crippen LogP contribution in [0.1, 0.15) is 33.6 Å². The van der Waals surface area contributed by atoms with Crippen molar-refractivity contribution in [2.75, 3.05) is 22.1 Å². The van der Waals surface area contributed by atoms with E-state index in [9.17, 15) is 13.2 Å². The number of carbonyl (C=O) groups is 1. The molecule has 1 aliphatic rings. The normalized spacial score (nSPS) is 18.5. The van der Waals surface area contributed by atoms with Gasteiger partial charge in [-0.3, -0.25) is 4.79 Å². The highest BCUT2D eigenvalue weighted by Crippen LogP contribution is 2.23. The lowest BCUT2D eigenvalue weighted by molar-refractivity contribution is 0.102. The van der Waals surface area contributed by atoms with Gasteiger partial charge in [0.05, 0.1) is 23.4 Å². The van der Waals surface area contributed by atoms with Crippen LogP contribution in [0.15, 0.2) is 30.5 Å². The molecule has 1 saturated heterocycles. The first-order valence-corrected chi connectivity index (χ1v) is 10.4. The van der Waals surface area contributed by atoms with Crippen LogP contribution in [0.25, 0.3) is 0 Å². The summed E-state index contributed by atoms with van der Waals surface area (Å²) in [7, 11) is -2.93. The number of pyridine rings is 1. The summed E-state index contributed by atoms with van der Waals surface area (Å²) < 4.78 is 23.0. The molecule has 0 saturated carbocycles. The summed E-state index contributed by atoms with van der Waals surface area (Å²) in [5.74, 6) is 0.0877. The maximum absolute atomic E-state index is 12.5. The second-order valence-electron chi connectivity index (χ2n) is 6.90. The summed E-state index contributed by atoms with van der Waals surface area (Å²) in [5.41, 5.74) is 5.01. The fourth-order valence-electron chi connectivity index (χ4n) is 3.31. The molecular formula is C19H23N3O3S.